The number of para-hydroxylation sites is 1. The number of methoxy groups -OCH3 is 1. The summed E-state index contributed by atoms with van der Waals surface area (Å²) in [6.07, 6.45) is 6.24. The highest BCUT2D eigenvalue weighted by atomic mass is 16.5. The SMILES string of the molecule is COc1cccc2c(C(CN)C3CCC3)cn(C)c12. The molecule has 0 aliphatic heterocycles. The lowest BCUT2D eigenvalue weighted by atomic mass is 9.73. The monoisotopic (exact) mass is 258 g/mol. The Morgan fingerprint density at radius 3 is 2.79 bits per heavy atom. The summed E-state index contributed by atoms with van der Waals surface area (Å²) < 4.78 is 7.66. The summed E-state index contributed by atoms with van der Waals surface area (Å²) >= 11 is 0. The van der Waals surface area contributed by atoms with Gasteiger partial charge in [-0.25, -0.2) is 0 Å². The smallest absolute Gasteiger partial charge is 0.143 e. The van der Waals surface area contributed by atoms with Crippen molar-refractivity contribution in [3.63, 3.8) is 0 Å². The summed E-state index contributed by atoms with van der Waals surface area (Å²) in [5.41, 5.74) is 8.62. The first kappa shape index (κ1) is 12.5. The van der Waals surface area contributed by atoms with Gasteiger partial charge in [-0.3, -0.25) is 0 Å². The van der Waals surface area contributed by atoms with Gasteiger partial charge in [-0.2, -0.15) is 0 Å². The van der Waals surface area contributed by atoms with Gasteiger partial charge in [0.25, 0.3) is 0 Å². The molecule has 1 aromatic heterocycles. The second-order valence-electron chi connectivity index (χ2n) is 5.58. The van der Waals surface area contributed by atoms with Crippen LogP contribution in [0.3, 0.4) is 0 Å². The van der Waals surface area contributed by atoms with Crippen LogP contribution < -0.4 is 10.5 Å². The molecule has 102 valence electrons. The molecule has 1 saturated carbocycles. The predicted octanol–water partition coefficient (Wildman–Crippen LogP) is 3.03. The Morgan fingerprint density at radius 1 is 1.42 bits per heavy atom. The van der Waals surface area contributed by atoms with Gasteiger partial charge in [-0.1, -0.05) is 18.6 Å². The van der Waals surface area contributed by atoms with Gasteiger partial charge in [0.05, 0.1) is 12.6 Å². The van der Waals surface area contributed by atoms with Crippen molar-refractivity contribution in [1.29, 1.82) is 0 Å². The van der Waals surface area contributed by atoms with E-state index in [0.29, 0.717) is 5.92 Å². The third-order valence-electron chi connectivity index (χ3n) is 4.59. The van der Waals surface area contributed by atoms with Crippen molar-refractivity contribution < 1.29 is 4.74 Å². The molecule has 0 spiro atoms. The van der Waals surface area contributed by atoms with Crippen LogP contribution in [0, 0.1) is 5.92 Å². The number of ether oxygens (including phenoxy) is 1. The number of fused-ring (bicyclic) bond motifs is 1. The van der Waals surface area contributed by atoms with Crippen LogP contribution in [0.5, 0.6) is 5.75 Å². The number of nitrogens with two attached hydrogens (primary N) is 1. The summed E-state index contributed by atoms with van der Waals surface area (Å²) in [6.45, 7) is 0.737. The topological polar surface area (TPSA) is 40.2 Å². The highest BCUT2D eigenvalue weighted by Gasteiger charge is 2.29. The lowest BCUT2D eigenvalue weighted by Gasteiger charge is -2.33. The standard InChI is InChI=1S/C16H22N2O/c1-18-10-14(13(9-17)11-5-3-6-11)12-7-4-8-15(19-2)16(12)18/h4,7-8,10-11,13H,3,5-6,9,17H2,1-2H3. The molecule has 1 aromatic carbocycles. The molecule has 1 unspecified atom stereocenters. The molecule has 0 bridgehead atoms. The van der Waals surface area contributed by atoms with E-state index in [2.05, 4.69) is 29.9 Å². The minimum absolute atomic E-state index is 0.490. The Labute approximate surface area is 114 Å². The van der Waals surface area contributed by atoms with E-state index < -0.39 is 0 Å². The molecule has 3 heteroatoms. The third kappa shape index (κ3) is 1.93. The van der Waals surface area contributed by atoms with Gasteiger partial charge in [0.1, 0.15) is 5.75 Å². The van der Waals surface area contributed by atoms with Gasteiger partial charge in [0, 0.05) is 24.5 Å². The quantitative estimate of drug-likeness (QED) is 0.915. The molecule has 2 N–H and O–H groups in total. The van der Waals surface area contributed by atoms with Crippen molar-refractivity contribution in [3.05, 3.63) is 30.0 Å². The van der Waals surface area contributed by atoms with E-state index in [1.807, 2.05) is 6.07 Å². The maximum atomic E-state index is 6.05. The van der Waals surface area contributed by atoms with Crippen LogP contribution in [-0.4, -0.2) is 18.2 Å². The van der Waals surface area contributed by atoms with Gasteiger partial charge >= 0.3 is 0 Å². The lowest BCUT2D eigenvalue weighted by molar-refractivity contribution is 0.265. The van der Waals surface area contributed by atoms with Gasteiger partial charge in [0.2, 0.25) is 0 Å². The van der Waals surface area contributed by atoms with Crippen LogP contribution in [0.2, 0.25) is 0 Å². The molecular weight excluding hydrogens is 236 g/mol. The van der Waals surface area contributed by atoms with E-state index >= 15 is 0 Å². The Kier molecular flexibility index (Phi) is 3.23. The zero-order chi connectivity index (χ0) is 13.4. The van der Waals surface area contributed by atoms with E-state index in [9.17, 15) is 0 Å². The molecule has 0 radical (unpaired) electrons. The maximum Gasteiger partial charge on any atom is 0.143 e. The van der Waals surface area contributed by atoms with Crippen LogP contribution in [0.25, 0.3) is 10.9 Å². The van der Waals surface area contributed by atoms with Crippen molar-refractivity contribution in [3.8, 4) is 5.75 Å². The molecule has 1 fully saturated rings. The first-order valence-electron chi connectivity index (χ1n) is 7.08. The molecule has 1 atom stereocenters. The van der Waals surface area contributed by atoms with E-state index in [4.69, 9.17) is 10.5 Å². The van der Waals surface area contributed by atoms with Crippen LogP contribution in [0.15, 0.2) is 24.4 Å². The number of aryl methyl sites for hydroxylation is 1. The summed E-state index contributed by atoms with van der Waals surface area (Å²) in [6, 6.07) is 6.28. The summed E-state index contributed by atoms with van der Waals surface area (Å²) in [4.78, 5) is 0. The molecule has 0 amide bonds. The average molecular weight is 258 g/mol. The van der Waals surface area contributed by atoms with Crippen molar-refractivity contribution in [2.24, 2.45) is 18.7 Å². The Morgan fingerprint density at radius 2 is 2.21 bits per heavy atom. The number of aromatic nitrogens is 1. The second kappa shape index (κ2) is 4.89. The van der Waals surface area contributed by atoms with E-state index in [-0.39, 0.29) is 0 Å². The van der Waals surface area contributed by atoms with E-state index in [1.54, 1.807) is 7.11 Å². The molecule has 3 nitrogen and oxygen atoms in total. The fourth-order valence-electron chi connectivity index (χ4n) is 3.34. The fourth-order valence-corrected chi connectivity index (χ4v) is 3.34. The molecule has 2 aromatic rings. The first-order chi connectivity index (χ1) is 9.26. The van der Waals surface area contributed by atoms with Crippen molar-refractivity contribution in [2.45, 2.75) is 25.2 Å². The van der Waals surface area contributed by atoms with Crippen LogP contribution >= 0.6 is 0 Å². The van der Waals surface area contributed by atoms with Crippen molar-refractivity contribution in [2.75, 3.05) is 13.7 Å². The molecule has 1 aliphatic rings. The van der Waals surface area contributed by atoms with Crippen LogP contribution in [0.1, 0.15) is 30.7 Å². The van der Waals surface area contributed by atoms with Gasteiger partial charge in [-0.05, 0) is 36.9 Å². The molecule has 1 heterocycles. The van der Waals surface area contributed by atoms with Gasteiger partial charge in [-0.15, -0.1) is 0 Å². The second-order valence-corrected chi connectivity index (χ2v) is 5.58. The maximum absolute atomic E-state index is 6.05. The fraction of sp³-hybridized carbons (Fsp3) is 0.500. The van der Waals surface area contributed by atoms with Gasteiger partial charge < -0.3 is 15.0 Å². The minimum atomic E-state index is 0.490. The zero-order valence-corrected chi connectivity index (χ0v) is 11.7. The lowest BCUT2D eigenvalue weighted by Crippen LogP contribution is -2.26. The molecule has 3 rings (SSSR count). The van der Waals surface area contributed by atoms with E-state index in [0.717, 1.165) is 18.2 Å². The number of benzene rings is 1. The minimum Gasteiger partial charge on any atom is -0.495 e. The Bertz CT molecular complexity index is 584. The highest BCUT2D eigenvalue weighted by molar-refractivity contribution is 5.89. The molecule has 19 heavy (non-hydrogen) atoms. The third-order valence-corrected chi connectivity index (χ3v) is 4.59. The summed E-state index contributed by atoms with van der Waals surface area (Å²) in [5.74, 6) is 2.20. The largest absolute Gasteiger partial charge is 0.495 e. The Balaban J connectivity index is 2.13. The number of hydrogen-bond acceptors (Lipinski definition) is 2. The van der Waals surface area contributed by atoms with E-state index in [1.165, 1.54) is 35.7 Å². The van der Waals surface area contributed by atoms with Crippen molar-refractivity contribution in [1.82, 2.24) is 4.57 Å². The van der Waals surface area contributed by atoms with Gasteiger partial charge in [0.15, 0.2) is 0 Å². The van der Waals surface area contributed by atoms with Crippen molar-refractivity contribution >= 4 is 10.9 Å². The summed E-state index contributed by atoms with van der Waals surface area (Å²) in [7, 11) is 3.82. The summed E-state index contributed by atoms with van der Waals surface area (Å²) in [5, 5.41) is 1.30. The molecular formula is C16H22N2O. The first-order valence-corrected chi connectivity index (χ1v) is 7.08. The average Bonchev–Trinajstić information content (AvgIpc) is 2.71. The molecule has 1 aliphatic carbocycles. The molecule has 0 saturated heterocycles. The zero-order valence-electron chi connectivity index (χ0n) is 11.7. The van der Waals surface area contributed by atoms with Crippen LogP contribution in [0.4, 0.5) is 0 Å². The van der Waals surface area contributed by atoms with Crippen LogP contribution in [-0.2, 0) is 7.05 Å². The normalized spacial score (nSPS) is 17.4. The predicted molar refractivity (Wildman–Crippen MR) is 78.6 cm³/mol. The number of hydrogen-bond donors (Lipinski definition) is 1. The Hall–Kier alpha value is -1.48. The highest BCUT2D eigenvalue weighted by Crippen LogP contribution is 2.42. The number of nitrogens with zero attached hydrogens (tertiary/aromatic N) is 1. The number of rotatable bonds is 4.